The Morgan fingerprint density at radius 2 is 1.94 bits per heavy atom. The number of nitrogens with one attached hydrogen (secondary N) is 2. The van der Waals surface area contributed by atoms with Gasteiger partial charge in [0.15, 0.2) is 6.29 Å². The van der Waals surface area contributed by atoms with Crippen molar-refractivity contribution >= 4 is 0 Å². The Morgan fingerprint density at radius 3 is 2.58 bits per heavy atom. The van der Waals surface area contributed by atoms with Gasteiger partial charge in [0.25, 0.3) is 0 Å². The molecule has 0 spiro atoms. The van der Waals surface area contributed by atoms with Crippen molar-refractivity contribution in [1.82, 2.24) is 10.6 Å². The Bertz CT molecular complexity index is 669. The third kappa shape index (κ3) is 5.68. The zero-order valence-electron chi connectivity index (χ0n) is 19.6. The molecule has 1 saturated heterocycles. The van der Waals surface area contributed by atoms with Gasteiger partial charge in [-0.1, -0.05) is 6.92 Å². The molecule has 1 saturated carbocycles. The van der Waals surface area contributed by atoms with E-state index in [0.29, 0.717) is 25.1 Å². The first kappa shape index (κ1) is 26.7. The quantitative estimate of drug-likeness (QED) is 0.175. The van der Waals surface area contributed by atoms with E-state index in [4.69, 9.17) is 36.1 Å². The maximum atomic E-state index is 11.3. The third-order valence-corrected chi connectivity index (χ3v) is 6.71. The molecule has 11 unspecified atom stereocenters. The van der Waals surface area contributed by atoms with Crippen LogP contribution < -0.4 is 27.8 Å². The van der Waals surface area contributed by atoms with Crippen LogP contribution in [0.4, 0.5) is 0 Å². The maximum absolute atomic E-state index is 11.3. The van der Waals surface area contributed by atoms with E-state index in [2.05, 4.69) is 10.6 Å². The van der Waals surface area contributed by atoms with Gasteiger partial charge in [-0.05, 0) is 39.4 Å². The number of aliphatic hydroxyl groups is 3. The molecule has 33 heavy (non-hydrogen) atoms. The summed E-state index contributed by atoms with van der Waals surface area (Å²) < 4.78 is 23.6. The monoisotopic (exact) mass is 475 g/mol. The van der Waals surface area contributed by atoms with Crippen molar-refractivity contribution in [3.63, 3.8) is 0 Å². The van der Waals surface area contributed by atoms with Crippen molar-refractivity contribution in [3.05, 3.63) is 11.8 Å². The summed E-state index contributed by atoms with van der Waals surface area (Å²) in [5, 5.41) is 38.8. The molecule has 0 bridgehead atoms. The van der Waals surface area contributed by atoms with Gasteiger partial charge >= 0.3 is 0 Å². The van der Waals surface area contributed by atoms with Gasteiger partial charge in [-0.2, -0.15) is 0 Å². The first-order valence-corrected chi connectivity index (χ1v) is 11.6. The molecular weight excluding hydrogens is 434 g/mol. The van der Waals surface area contributed by atoms with E-state index < -0.39 is 60.7 Å². The van der Waals surface area contributed by atoms with E-state index in [1.165, 1.54) is 6.92 Å². The molecule has 0 aromatic carbocycles. The normalized spacial score (nSPS) is 46.5. The summed E-state index contributed by atoms with van der Waals surface area (Å²) in [5.41, 5.74) is 16.7. The van der Waals surface area contributed by atoms with Gasteiger partial charge in [0.05, 0.1) is 31.3 Å². The van der Waals surface area contributed by atoms with Crippen LogP contribution in [0.25, 0.3) is 0 Å². The molecular formula is C21H41N5O7. The number of likely N-dealkylation sites (N-methyl/N-ethyl adjacent to an activating group) is 2. The van der Waals surface area contributed by atoms with Crippen LogP contribution in [-0.2, 0) is 18.9 Å². The van der Waals surface area contributed by atoms with E-state index in [0.717, 1.165) is 0 Å². The van der Waals surface area contributed by atoms with Crippen LogP contribution in [0, 0.1) is 0 Å². The van der Waals surface area contributed by atoms with Crippen LogP contribution in [-0.4, -0.2) is 109 Å². The standard InChI is InChI=1S/C21H41N5O7/c1-4-26-13-7-12(24)16(32-19-11(23)6-5-10(8-22)31-19)15(28)17(13)33-20-21(2,29)18(25-3)14(27)9-30-20/h5,11-20,25-29H,4,6-9,22-24H2,1-3H3. The van der Waals surface area contributed by atoms with Crippen molar-refractivity contribution in [2.45, 2.75) is 93.5 Å². The van der Waals surface area contributed by atoms with Crippen molar-refractivity contribution in [2.24, 2.45) is 17.2 Å². The van der Waals surface area contributed by atoms with Gasteiger partial charge in [-0.25, -0.2) is 0 Å². The van der Waals surface area contributed by atoms with Gasteiger partial charge in [-0.3, -0.25) is 0 Å². The Morgan fingerprint density at radius 1 is 1.21 bits per heavy atom. The molecule has 2 aliphatic heterocycles. The molecule has 12 nitrogen and oxygen atoms in total. The zero-order valence-corrected chi connectivity index (χ0v) is 19.6. The molecule has 2 fully saturated rings. The van der Waals surface area contributed by atoms with E-state index >= 15 is 0 Å². The summed E-state index contributed by atoms with van der Waals surface area (Å²) in [6.45, 7) is 4.27. The number of ether oxygens (including phenoxy) is 4. The molecule has 0 amide bonds. The Kier molecular flexibility index (Phi) is 9.08. The average molecular weight is 476 g/mol. The van der Waals surface area contributed by atoms with Gasteiger partial charge in [0.2, 0.25) is 6.29 Å². The molecule has 0 radical (unpaired) electrons. The second-order valence-corrected chi connectivity index (χ2v) is 9.24. The zero-order chi connectivity index (χ0) is 24.3. The van der Waals surface area contributed by atoms with E-state index in [1.54, 1.807) is 7.05 Å². The highest BCUT2D eigenvalue weighted by Gasteiger charge is 2.53. The van der Waals surface area contributed by atoms with Gasteiger partial charge in [-0.15, -0.1) is 0 Å². The molecule has 11 atom stereocenters. The topological polar surface area (TPSA) is 200 Å². The van der Waals surface area contributed by atoms with Crippen LogP contribution in [0.15, 0.2) is 11.8 Å². The summed E-state index contributed by atoms with van der Waals surface area (Å²) in [6, 6.07) is -1.96. The predicted molar refractivity (Wildman–Crippen MR) is 120 cm³/mol. The first-order chi connectivity index (χ1) is 15.6. The predicted octanol–water partition coefficient (Wildman–Crippen LogP) is -3.20. The lowest BCUT2D eigenvalue weighted by molar-refractivity contribution is -0.318. The Balaban J connectivity index is 1.78. The molecule has 1 aliphatic carbocycles. The highest BCUT2D eigenvalue weighted by atomic mass is 16.7. The number of hydrogen-bond acceptors (Lipinski definition) is 12. The van der Waals surface area contributed by atoms with Gasteiger partial charge in [0.1, 0.15) is 29.7 Å². The lowest BCUT2D eigenvalue weighted by Gasteiger charge is -2.50. The smallest absolute Gasteiger partial charge is 0.215 e. The van der Waals surface area contributed by atoms with Crippen LogP contribution in [0.3, 0.4) is 0 Å². The number of aliphatic hydroxyl groups excluding tert-OH is 2. The van der Waals surface area contributed by atoms with Crippen LogP contribution in [0.2, 0.25) is 0 Å². The highest BCUT2D eigenvalue weighted by molar-refractivity contribution is 5.05. The molecule has 12 heteroatoms. The fourth-order valence-electron chi connectivity index (χ4n) is 4.93. The molecule has 0 aromatic heterocycles. The largest absolute Gasteiger partial charge is 0.467 e. The minimum atomic E-state index is -1.56. The number of rotatable bonds is 8. The van der Waals surface area contributed by atoms with Gasteiger partial charge < -0.3 is 62.1 Å². The fraction of sp³-hybridized carbons (Fsp3) is 0.905. The van der Waals surface area contributed by atoms with Crippen molar-refractivity contribution in [3.8, 4) is 0 Å². The first-order valence-electron chi connectivity index (χ1n) is 11.6. The Hall–Kier alpha value is -0.900. The number of hydrogen-bond donors (Lipinski definition) is 8. The molecule has 3 rings (SSSR count). The summed E-state index contributed by atoms with van der Waals surface area (Å²) in [7, 11) is 1.64. The van der Waals surface area contributed by atoms with Crippen LogP contribution in [0.1, 0.15) is 26.7 Å². The molecule has 3 aliphatic rings. The minimum absolute atomic E-state index is 0.0284. The lowest BCUT2D eigenvalue weighted by atomic mass is 9.83. The summed E-state index contributed by atoms with van der Waals surface area (Å²) in [6.07, 6.45) is -2.85. The maximum Gasteiger partial charge on any atom is 0.215 e. The second kappa shape index (κ2) is 11.2. The highest BCUT2D eigenvalue weighted by Crippen LogP contribution is 2.33. The van der Waals surface area contributed by atoms with Gasteiger partial charge in [0, 0.05) is 12.1 Å². The van der Waals surface area contributed by atoms with Crippen LogP contribution >= 0.6 is 0 Å². The van der Waals surface area contributed by atoms with E-state index in [9.17, 15) is 15.3 Å². The molecule has 11 N–H and O–H groups in total. The number of nitrogens with two attached hydrogens (primary N) is 3. The second-order valence-electron chi connectivity index (χ2n) is 9.24. The van der Waals surface area contributed by atoms with Crippen molar-refractivity contribution < 1.29 is 34.3 Å². The fourth-order valence-corrected chi connectivity index (χ4v) is 4.93. The summed E-state index contributed by atoms with van der Waals surface area (Å²) in [5.74, 6) is 0.571. The minimum Gasteiger partial charge on any atom is -0.467 e. The molecule has 0 aromatic rings. The average Bonchev–Trinajstić information content (AvgIpc) is 2.76. The SMILES string of the molecule is CCNC1CC(N)C(OC2OC(CN)=CCC2N)C(O)C1OC1OCC(O)C(NC)C1(C)O. The molecule has 192 valence electrons. The summed E-state index contributed by atoms with van der Waals surface area (Å²) >= 11 is 0. The Labute approximate surface area is 194 Å². The van der Waals surface area contributed by atoms with Crippen molar-refractivity contribution in [2.75, 3.05) is 26.7 Å². The summed E-state index contributed by atoms with van der Waals surface area (Å²) in [4.78, 5) is 0. The van der Waals surface area contributed by atoms with Crippen molar-refractivity contribution in [1.29, 1.82) is 0 Å². The van der Waals surface area contributed by atoms with E-state index in [1.807, 2.05) is 13.0 Å². The third-order valence-electron chi connectivity index (χ3n) is 6.71. The molecule has 2 heterocycles. The van der Waals surface area contributed by atoms with Crippen LogP contribution in [0.5, 0.6) is 0 Å². The van der Waals surface area contributed by atoms with E-state index in [-0.39, 0.29) is 19.2 Å². The lowest BCUT2D eigenvalue weighted by Crippen LogP contribution is -2.70.